The maximum absolute atomic E-state index is 13.1. The average molecular weight is 426 g/mol. The molecule has 0 radical (unpaired) electrons. The number of anilines is 1. The highest BCUT2D eigenvalue weighted by Gasteiger charge is 2.18. The van der Waals surface area contributed by atoms with Gasteiger partial charge in [0.1, 0.15) is 18.0 Å². The monoisotopic (exact) mass is 426 g/mol. The summed E-state index contributed by atoms with van der Waals surface area (Å²) in [6.07, 6.45) is 2.03. The summed E-state index contributed by atoms with van der Waals surface area (Å²) >= 11 is 0. The van der Waals surface area contributed by atoms with Crippen LogP contribution < -0.4 is 14.8 Å². The van der Waals surface area contributed by atoms with E-state index in [1.807, 2.05) is 69.8 Å². The molecule has 0 aliphatic carbocycles. The zero-order valence-corrected chi connectivity index (χ0v) is 17.8. The molecule has 0 unspecified atom stereocenters. The summed E-state index contributed by atoms with van der Waals surface area (Å²) in [6.45, 7) is 0.0877. The van der Waals surface area contributed by atoms with Crippen molar-refractivity contribution in [1.82, 2.24) is 14.0 Å². The first kappa shape index (κ1) is 19.7. The number of amides is 1. The first-order chi connectivity index (χ1) is 15.7. The van der Waals surface area contributed by atoms with Crippen LogP contribution in [0.2, 0.25) is 0 Å². The summed E-state index contributed by atoms with van der Waals surface area (Å²) in [5.74, 6) is 1.71. The van der Waals surface area contributed by atoms with Gasteiger partial charge in [0, 0.05) is 12.3 Å². The van der Waals surface area contributed by atoms with Crippen molar-refractivity contribution in [2.24, 2.45) is 0 Å². The van der Waals surface area contributed by atoms with Crippen LogP contribution in [-0.4, -0.2) is 34.1 Å². The van der Waals surface area contributed by atoms with E-state index in [1.165, 1.54) is 0 Å². The van der Waals surface area contributed by atoms with E-state index in [0.717, 1.165) is 22.3 Å². The second kappa shape index (κ2) is 8.11. The fraction of sp³-hybridized carbons (Fsp3) is 0.120. The molecule has 5 rings (SSSR count). The normalized spacial score (nSPS) is 11.1. The highest BCUT2D eigenvalue weighted by Crippen LogP contribution is 2.30. The molecule has 7 nitrogen and oxygen atoms in total. The molecular formula is C25H22N4O3. The van der Waals surface area contributed by atoms with Crippen LogP contribution in [0.3, 0.4) is 0 Å². The summed E-state index contributed by atoms with van der Waals surface area (Å²) in [7, 11) is 3.15. The highest BCUT2D eigenvalue weighted by atomic mass is 16.5. The van der Waals surface area contributed by atoms with Crippen molar-refractivity contribution in [3.63, 3.8) is 0 Å². The molecule has 0 saturated heterocycles. The van der Waals surface area contributed by atoms with Crippen LogP contribution in [0, 0.1) is 0 Å². The van der Waals surface area contributed by atoms with E-state index in [0.29, 0.717) is 23.0 Å². The van der Waals surface area contributed by atoms with Gasteiger partial charge in [0.15, 0.2) is 0 Å². The maximum Gasteiger partial charge on any atom is 0.244 e. The van der Waals surface area contributed by atoms with Crippen molar-refractivity contribution < 1.29 is 14.3 Å². The van der Waals surface area contributed by atoms with E-state index < -0.39 is 0 Å². The van der Waals surface area contributed by atoms with Crippen LogP contribution in [0.25, 0.3) is 28.1 Å². The lowest BCUT2D eigenvalue weighted by Gasteiger charge is -2.13. The van der Waals surface area contributed by atoms with Gasteiger partial charge in [-0.3, -0.25) is 9.20 Å². The molecule has 2 aromatic heterocycles. The number of imidazole rings is 2. The second-order valence-electron chi connectivity index (χ2n) is 7.35. The second-order valence-corrected chi connectivity index (χ2v) is 7.35. The molecule has 0 bridgehead atoms. The number of carbonyl (C=O) groups is 1. The Balaban J connectivity index is 1.56. The molecule has 7 heteroatoms. The Labute approximate surface area is 184 Å². The Morgan fingerprint density at radius 1 is 0.969 bits per heavy atom. The summed E-state index contributed by atoms with van der Waals surface area (Å²) in [5.41, 5.74) is 4.34. The zero-order valence-electron chi connectivity index (χ0n) is 17.8. The van der Waals surface area contributed by atoms with E-state index in [1.54, 1.807) is 32.4 Å². The van der Waals surface area contributed by atoms with Crippen LogP contribution in [0.1, 0.15) is 0 Å². The average Bonchev–Trinajstić information content (AvgIpc) is 3.36. The van der Waals surface area contributed by atoms with Gasteiger partial charge < -0.3 is 19.4 Å². The van der Waals surface area contributed by atoms with E-state index in [9.17, 15) is 4.79 Å². The SMILES string of the molecule is COc1ccc(OC)c(NC(=O)Cn2c(-c3ccccc3)cn3c4ccccc4nc23)c1. The predicted octanol–water partition coefficient (Wildman–Crippen LogP) is 4.61. The van der Waals surface area contributed by atoms with Crippen LogP contribution in [0.4, 0.5) is 5.69 Å². The number of ether oxygens (including phenoxy) is 2. The fourth-order valence-electron chi connectivity index (χ4n) is 3.89. The third kappa shape index (κ3) is 3.43. The number of hydrogen-bond acceptors (Lipinski definition) is 4. The number of carbonyl (C=O) groups excluding carboxylic acids is 1. The number of hydrogen-bond donors (Lipinski definition) is 1. The molecule has 1 N–H and O–H groups in total. The third-order valence-corrected chi connectivity index (χ3v) is 5.41. The third-order valence-electron chi connectivity index (χ3n) is 5.41. The summed E-state index contributed by atoms with van der Waals surface area (Å²) in [6, 6.07) is 23.2. The Morgan fingerprint density at radius 3 is 2.53 bits per heavy atom. The molecule has 1 amide bonds. The summed E-state index contributed by atoms with van der Waals surface area (Å²) < 4.78 is 14.6. The molecule has 160 valence electrons. The van der Waals surface area contributed by atoms with Gasteiger partial charge in [0.25, 0.3) is 0 Å². The van der Waals surface area contributed by atoms with Gasteiger partial charge in [-0.1, -0.05) is 42.5 Å². The van der Waals surface area contributed by atoms with Gasteiger partial charge in [-0.15, -0.1) is 0 Å². The van der Waals surface area contributed by atoms with E-state index >= 15 is 0 Å². The first-order valence-corrected chi connectivity index (χ1v) is 10.2. The minimum absolute atomic E-state index is 0.0877. The van der Waals surface area contributed by atoms with Crippen molar-refractivity contribution in [3.8, 4) is 22.8 Å². The van der Waals surface area contributed by atoms with Gasteiger partial charge >= 0.3 is 0 Å². The van der Waals surface area contributed by atoms with Crippen molar-refractivity contribution in [3.05, 3.63) is 79.0 Å². The molecule has 0 aliphatic rings. The van der Waals surface area contributed by atoms with Crippen molar-refractivity contribution in [2.45, 2.75) is 6.54 Å². The number of para-hydroxylation sites is 2. The topological polar surface area (TPSA) is 69.8 Å². The van der Waals surface area contributed by atoms with Crippen molar-refractivity contribution >= 4 is 28.4 Å². The number of benzene rings is 3. The van der Waals surface area contributed by atoms with Crippen LogP contribution in [0.5, 0.6) is 11.5 Å². The number of methoxy groups -OCH3 is 2. The van der Waals surface area contributed by atoms with Crippen LogP contribution in [-0.2, 0) is 11.3 Å². The number of nitrogens with one attached hydrogen (secondary N) is 1. The number of aromatic nitrogens is 3. The van der Waals surface area contributed by atoms with Gasteiger partial charge in [-0.05, 0) is 29.8 Å². The van der Waals surface area contributed by atoms with E-state index in [4.69, 9.17) is 14.5 Å². The Bertz CT molecular complexity index is 1420. The van der Waals surface area contributed by atoms with Crippen LogP contribution >= 0.6 is 0 Å². The lowest BCUT2D eigenvalue weighted by Crippen LogP contribution is -2.20. The minimum Gasteiger partial charge on any atom is -0.497 e. The Morgan fingerprint density at radius 2 is 1.75 bits per heavy atom. The highest BCUT2D eigenvalue weighted by molar-refractivity contribution is 5.93. The number of rotatable bonds is 6. The fourth-order valence-corrected chi connectivity index (χ4v) is 3.89. The van der Waals surface area contributed by atoms with Gasteiger partial charge in [-0.2, -0.15) is 0 Å². The largest absolute Gasteiger partial charge is 0.497 e. The van der Waals surface area contributed by atoms with E-state index in [-0.39, 0.29) is 12.5 Å². The van der Waals surface area contributed by atoms with Crippen molar-refractivity contribution in [2.75, 3.05) is 19.5 Å². The molecular weight excluding hydrogens is 404 g/mol. The summed E-state index contributed by atoms with van der Waals surface area (Å²) in [5, 5.41) is 2.95. The molecule has 0 aliphatic heterocycles. The predicted molar refractivity (Wildman–Crippen MR) is 124 cm³/mol. The van der Waals surface area contributed by atoms with Crippen LogP contribution in [0.15, 0.2) is 79.0 Å². The summed E-state index contributed by atoms with van der Waals surface area (Å²) in [4.78, 5) is 17.9. The quantitative estimate of drug-likeness (QED) is 0.430. The smallest absolute Gasteiger partial charge is 0.244 e. The maximum atomic E-state index is 13.1. The lowest BCUT2D eigenvalue weighted by molar-refractivity contribution is -0.116. The minimum atomic E-state index is -0.195. The number of fused-ring (bicyclic) bond motifs is 3. The lowest BCUT2D eigenvalue weighted by atomic mass is 10.1. The van der Waals surface area contributed by atoms with Gasteiger partial charge in [-0.25, -0.2) is 4.98 Å². The molecule has 32 heavy (non-hydrogen) atoms. The molecule has 0 spiro atoms. The Hall–Kier alpha value is -4.26. The molecule has 2 heterocycles. The zero-order chi connectivity index (χ0) is 22.1. The van der Waals surface area contributed by atoms with Gasteiger partial charge in [0.2, 0.25) is 11.7 Å². The first-order valence-electron chi connectivity index (χ1n) is 10.2. The van der Waals surface area contributed by atoms with Crippen molar-refractivity contribution in [1.29, 1.82) is 0 Å². The molecule has 0 saturated carbocycles. The molecule has 5 aromatic rings. The molecule has 3 aromatic carbocycles. The molecule has 0 atom stereocenters. The van der Waals surface area contributed by atoms with E-state index in [2.05, 4.69) is 5.32 Å². The molecule has 0 fully saturated rings. The standard InChI is InChI=1S/C25H22N4O3/c1-31-18-12-13-23(32-2)20(14-18)26-24(30)16-29-22(17-8-4-3-5-9-17)15-28-21-11-7-6-10-19(21)27-25(28)29/h3-15H,16H2,1-2H3,(H,26,30). The van der Waals surface area contributed by atoms with Gasteiger partial charge in [0.05, 0.1) is 36.6 Å². The number of nitrogens with zero attached hydrogens (tertiary/aromatic N) is 3. The Kier molecular flexibility index (Phi) is 4.99.